The van der Waals surface area contributed by atoms with E-state index in [1.165, 1.54) is 14.2 Å². The zero-order valence-electron chi connectivity index (χ0n) is 9.77. The molecular weight excluding hydrogens is 238 g/mol. The quantitative estimate of drug-likeness (QED) is 0.819. The molecule has 1 aromatic heterocycles. The van der Waals surface area contributed by atoms with E-state index in [-0.39, 0.29) is 16.6 Å². The largest absolute Gasteiger partial charge is 0.543 e. The topological polar surface area (TPSA) is 91.4 Å². The molecule has 1 N–H and O–H groups in total. The van der Waals surface area contributed by atoms with Crippen molar-refractivity contribution in [3.05, 3.63) is 34.1 Å². The molecule has 2 rings (SSSR count). The molecule has 18 heavy (non-hydrogen) atoms. The van der Waals surface area contributed by atoms with Gasteiger partial charge in [0.15, 0.2) is 5.43 Å². The predicted molar refractivity (Wildman–Crippen MR) is 62.0 cm³/mol. The van der Waals surface area contributed by atoms with Crippen LogP contribution in [0, 0.1) is 0 Å². The van der Waals surface area contributed by atoms with Gasteiger partial charge in [-0.05, 0) is 12.1 Å². The van der Waals surface area contributed by atoms with Crippen molar-refractivity contribution in [3.8, 4) is 11.5 Å². The predicted octanol–water partition coefficient (Wildman–Crippen LogP) is -0.0912. The summed E-state index contributed by atoms with van der Waals surface area (Å²) in [6.07, 6.45) is 0. The highest BCUT2D eigenvalue weighted by Gasteiger charge is 2.12. The van der Waals surface area contributed by atoms with Gasteiger partial charge in [-0.25, -0.2) is 0 Å². The van der Waals surface area contributed by atoms with Crippen molar-refractivity contribution in [2.45, 2.75) is 0 Å². The summed E-state index contributed by atoms with van der Waals surface area (Å²) in [5.41, 5.74) is -0.513. The van der Waals surface area contributed by atoms with Crippen LogP contribution in [0.5, 0.6) is 11.5 Å². The van der Waals surface area contributed by atoms with Gasteiger partial charge < -0.3 is 24.4 Å². The molecule has 6 nitrogen and oxygen atoms in total. The van der Waals surface area contributed by atoms with Crippen LogP contribution in [0.4, 0.5) is 0 Å². The first-order chi connectivity index (χ1) is 8.58. The van der Waals surface area contributed by atoms with Gasteiger partial charge in [0.1, 0.15) is 11.5 Å². The molecule has 0 atom stereocenters. The number of hydrogen-bond donors (Lipinski definition) is 1. The first-order valence-electron chi connectivity index (χ1n) is 5.08. The van der Waals surface area contributed by atoms with Gasteiger partial charge in [0.05, 0.1) is 36.8 Å². The van der Waals surface area contributed by atoms with Crippen molar-refractivity contribution in [2.24, 2.45) is 0 Å². The lowest BCUT2D eigenvalue weighted by molar-refractivity contribution is -0.255. The Hall–Kier alpha value is -2.50. The average Bonchev–Trinajstić information content (AvgIpc) is 2.37. The molecule has 0 bridgehead atoms. The fourth-order valence-electron chi connectivity index (χ4n) is 1.76. The minimum atomic E-state index is -1.46. The summed E-state index contributed by atoms with van der Waals surface area (Å²) < 4.78 is 10.1. The van der Waals surface area contributed by atoms with E-state index in [1.54, 1.807) is 12.1 Å². The number of fused-ring (bicyclic) bond motifs is 1. The summed E-state index contributed by atoms with van der Waals surface area (Å²) in [5, 5.41) is 11.0. The number of pyridine rings is 1. The van der Waals surface area contributed by atoms with Crippen LogP contribution in [-0.4, -0.2) is 25.2 Å². The Kier molecular flexibility index (Phi) is 2.93. The van der Waals surface area contributed by atoms with Crippen LogP contribution in [0.15, 0.2) is 23.0 Å². The molecule has 0 saturated carbocycles. The minimum absolute atomic E-state index is 0.238. The van der Waals surface area contributed by atoms with Crippen LogP contribution in [0.25, 0.3) is 10.9 Å². The van der Waals surface area contributed by atoms with Crippen molar-refractivity contribution in [3.63, 3.8) is 0 Å². The summed E-state index contributed by atoms with van der Waals surface area (Å²) in [7, 11) is 2.85. The van der Waals surface area contributed by atoms with E-state index in [1.807, 2.05) is 0 Å². The first-order valence-corrected chi connectivity index (χ1v) is 5.08. The van der Waals surface area contributed by atoms with Crippen LogP contribution < -0.4 is 20.0 Å². The number of carboxylic acid groups (broad SMARTS) is 1. The minimum Gasteiger partial charge on any atom is -0.543 e. The van der Waals surface area contributed by atoms with Crippen molar-refractivity contribution in [1.82, 2.24) is 4.98 Å². The Balaban J connectivity index is 2.93. The summed E-state index contributed by atoms with van der Waals surface area (Å²) in [4.78, 5) is 25.3. The highest BCUT2D eigenvalue weighted by molar-refractivity contribution is 5.94. The normalized spacial score (nSPS) is 10.3. The highest BCUT2D eigenvalue weighted by atomic mass is 16.5. The van der Waals surface area contributed by atoms with E-state index >= 15 is 0 Å². The SMILES string of the molecule is COc1ccc(OC)c2c(=O)cc(C(=O)[O-])[nH]c12. The van der Waals surface area contributed by atoms with E-state index in [9.17, 15) is 14.7 Å². The number of carbonyl (C=O) groups excluding carboxylic acids is 1. The van der Waals surface area contributed by atoms with Gasteiger partial charge >= 0.3 is 0 Å². The lowest BCUT2D eigenvalue weighted by Crippen LogP contribution is -2.25. The van der Waals surface area contributed by atoms with E-state index in [4.69, 9.17) is 9.47 Å². The maximum absolute atomic E-state index is 11.9. The van der Waals surface area contributed by atoms with Crippen molar-refractivity contribution >= 4 is 16.9 Å². The number of aromatic amines is 1. The van der Waals surface area contributed by atoms with Gasteiger partial charge in [0.25, 0.3) is 0 Å². The number of methoxy groups -OCH3 is 2. The standard InChI is InChI=1S/C12H11NO5/c1-17-8-3-4-9(18-2)11-10(8)7(14)5-6(13-11)12(15)16/h3-5H,1-2H3,(H,13,14)(H,15,16)/p-1. The van der Waals surface area contributed by atoms with E-state index in [2.05, 4.69) is 4.98 Å². The molecule has 0 aliphatic carbocycles. The Morgan fingerprint density at radius 3 is 2.39 bits per heavy atom. The monoisotopic (exact) mass is 248 g/mol. The van der Waals surface area contributed by atoms with Gasteiger partial charge in [-0.3, -0.25) is 4.79 Å². The van der Waals surface area contributed by atoms with Gasteiger partial charge in [-0.1, -0.05) is 0 Å². The van der Waals surface area contributed by atoms with Crippen molar-refractivity contribution in [2.75, 3.05) is 14.2 Å². The number of H-pyrrole nitrogens is 1. The third-order valence-corrected chi connectivity index (χ3v) is 2.57. The molecule has 0 spiro atoms. The molecule has 0 aliphatic heterocycles. The number of nitrogens with one attached hydrogen (secondary N) is 1. The van der Waals surface area contributed by atoms with Crippen molar-refractivity contribution < 1.29 is 19.4 Å². The molecular formula is C12H10NO5-. The van der Waals surface area contributed by atoms with Crippen LogP contribution in [0.1, 0.15) is 10.5 Å². The third kappa shape index (κ3) is 1.77. The summed E-state index contributed by atoms with van der Waals surface area (Å²) in [6, 6.07) is 4.12. The average molecular weight is 248 g/mol. The van der Waals surface area contributed by atoms with E-state index in [0.717, 1.165) is 6.07 Å². The molecule has 1 aromatic carbocycles. The van der Waals surface area contributed by atoms with Crippen LogP contribution >= 0.6 is 0 Å². The van der Waals surface area contributed by atoms with Gasteiger partial charge in [-0.2, -0.15) is 0 Å². The van der Waals surface area contributed by atoms with Crippen molar-refractivity contribution in [1.29, 1.82) is 0 Å². The number of aromatic carboxylic acids is 1. The smallest absolute Gasteiger partial charge is 0.193 e. The number of rotatable bonds is 3. The van der Waals surface area contributed by atoms with Gasteiger partial charge in [0, 0.05) is 6.07 Å². The molecule has 0 saturated heterocycles. The first kappa shape index (κ1) is 12.0. The number of hydrogen-bond acceptors (Lipinski definition) is 5. The molecule has 94 valence electrons. The Labute approximate surface area is 102 Å². The highest BCUT2D eigenvalue weighted by Crippen LogP contribution is 2.29. The second-order valence-electron chi connectivity index (χ2n) is 3.55. The second kappa shape index (κ2) is 4.40. The lowest BCUT2D eigenvalue weighted by atomic mass is 10.1. The lowest BCUT2D eigenvalue weighted by Gasteiger charge is -2.11. The maximum atomic E-state index is 11.9. The van der Waals surface area contributed by atoms with Crippen LogP contribution in [0.3, 0.4) is 0 Å². The second-order valence-corrected chi connectivity index (χ2v) is 3.55. The molecule has 1 heterocycles. The molecule has 2 aromatic rings. The maximum Gasteiger partial charge on any atom is 0.193 e. The zero-order valence-corrected chi connectivity index (χ0v) is 9.77. The number of ether oxygens (including phenoxy) is 2. The summed E-state index contributed by atoms with van der Waals surface area (Å²) in [6.45, 7) is 0. The molecule has 0 radical (unpaired) electrons. The third-order valence-electron chi connectivity index (χ3n) is 2.57. The summed E-state index contributed by atoms with van der Waals surface area (Å²) in [5.74, 6) is -0.762. The number of carboxylic acids is 1. The Bertz CT molecular complexity index is 674. The van der Waals surface area contributed by atoms with E-state index < -0.39 is 11.4 Å². The molecule has 6 heteroatoms. The Morgan fingerprint density at radius 1 is 1.22 bits per heavy atom. The van der Waals surface area contributed by atoms with Crippen LogP contribution in [0.2, 0.25) is 0 Å². The molecule has 0 aliphatic rings. The number of carbonyl (C=O) groups is 1. The molecule has 0 unspecified atom stereocenters. The Morgan fingerprint density at radius 2 is 1.83 bits per heavy atom. The molecule has 0 amide bonds. The molecule has 0 fully saturated rings. The number of benzene rings is 1. The van der Waals surface area contributed by atoms with E-state index in [0.29, 0.717) is 11.5 Å². The number of aromatic nitrogens is 1. The van der Waals surface area contributed by atoms with Gasteiger partial charge in [-0.15, -0.1) is 0 Å². The zero-order chi connectivity index (χ0) is 13.3. The fraction of sp³-hybridized carbons (Fsp3) is 0.167. The fourth-order valence-corrected chi connectivity index (χ4v) is 1.76. The van der Waals surface area contributed by atoms with Gasteiger partial charge in [0.2, 0.25) is 0 Å². The van der Waals surface area contributed by atoms with Crippen LogP contribution in [-0.2, 0) is 0 Å². The summed E-state index contributed by atoms with van der Waals surface area (Å²) >= 11 is 0.